The highest BCUT2D eigenvalue weighted by Crippen LogP contribution is 1.77. The fourth-order valence-electron chi connectivity index (χ4n) is 0.286. The van der Waals surface area contributed by atoms with E-state index in [4.69, 9.17) is 0 Å². The van der Waals surface area contributed by atoms with Crippen molar-refractivity contribution in [3.63, 3.8) is 0 Å². The minimum atomic E-state index is -0.187. The number of hydrogen-bond donors (Lipinski definition) is 0. The molecular formula is C9H19NO2. The zero-order valence-electron chi connectivity index (χ0n) is 8.84. The van der Waals surface area contributed by atoms with Crippen LogP contribution in [-0.2, 0) is 4.79 Å². The molecule has 3 nitrogen and oxygen atoms in total. The van der Waals surface area contributed by atoms with Gasteiger partial charge in [0.05, 0.1) is 28.2 Å². The number of nitrogens with zero attached hydrogens (tertiary/aromatic N) is 1. The van der Waals surface area contributed by atoms with Crippen molar-refractivity contribution in [3.8, 4) is 0 Å². The number of rotatable bonds is 1. The Labute approximate surface area is 74.9 Å². The maximum Gasteiger partial charge on any atom is 0.151 e. The first-order valence-corrected chi connectivity index (χ1v) is 3.77. The molecule has 0 spiro atoms. The van der Waals surface area contributed by atoms with Crippen LogP contribution in [0.4, 0.5) is 0 Å². The van der Waals surface area contributed by atoms with E-state index in [9.17, 15) is 9.90 Å². The third kappa shape index (κ3) is 60.9. The summed E-state index contributed by atoms with van der Waals surface area (Å²) in [5, 5.41) is 9.98. The summed E-state index contributed by atoms with van der Waals surface area (Å²) in [6, 6.07) is 0. The maximum absolute atomic E-state index is 9.98. The van der Waals surface area contributed by atoms with Crippen molar-refractivity contribution in [2.45, 2.75) is 13.8 Å². The monoisotopic (exact) mass is 173 g/mol. The fraction of sp³-hybridized carbons (Fsp3) is 0.667. The fourth-order valence-corrected chi connectivity index (χ4v) is 0.286. The lowest BCUT2D eigenvalue weighted by Crippen LogP contribution is -2.27. The second-order valence-electron chi connectivity index (χ2n) is 4.05. The minimum Gasteiger partial charge on any atom is -0.876 e. The summed E-state index contributed by atoms with van der Waals surface area (Å²) in [6.45, 7) is 2.70. The van der Waals surface area contributed by atoms with Crippen LogP contribution in [0.25, 0.3) is 0 Å². The summed E-state index contributed by atoms with van der Waals surface area (Å²) in [4.78, 5) is 9.98. The molecule has 0 heterocycles. The number of allylic oxidation sites excluding steroid dienone is 2. The minimum absolute atomic E-state index is 0.187. The molecule has 0 aliphatic carbocycles. The summed E-state index contributed by atoms with van der Waals surface area (Å²) in [6.07, 6.45) is 1.06. The normalized spacial score (nSPS) is 11.7. The molecule has 0 bridgehead atoms. The van der Waals surface area contributed by atoms with Crippen LogP contribution < -0.4 is 5.11 Å². The third-order valence-electron chi connectivity index (χ3n) is 0.407. The van der Waals surface area contributed by atoms with Crippen LogP contribution in [-0.4, -0.2) is 38.5 Å². The number of hydrogen-bond acceptors (Lipinski definition) is 2. The Kier molecular flexibility index (Phi) is 6.61. The second-order valence-corrected chi connectivity index (χ2v) is 4.05. The number of carbonyl (C=O) groups excluding carboxylic acids is 1. The number of carbonyl (C=O) groups is 1. The van der Waals surface area contributed by atoms with Crippen LogP contribution in [0.2, 0.25) is 0 Å². The molecule has 0 amide bonds. The van der Waals surface area contributed by atoms with E-state index in [-0.39, 0.29) is 11.5 Å². The van der Waals surface area contributed by atoms with Gasteiger partial charge in [-0.25, -0.2) is 0 Å². The van der Waals surface area contributed by atoms with E-state index in [2.05, 4.69) is 28.2 Å². The van der Waals surface area contributed by atoms with Gasteiger partial charge in [0.1, 0.15) is 0 Å². The molecule has 72 valence electrons. The summed E-state index contributed by atoms with van der Waals surface area (Å²) in [5.74, 6) is -0.375. The highest BCUT2D eigenvalue weighted by atomic mass is 16.3. The van der Waals surface area contributed by atoms with E-state index in [0.29, 0.717) is 0 Å². The van der Waals surface area contributed by atoms with Crippen molar-refractivity contribution in [3.05, 3.63) is 11.8 Å². The topological polar surface area (TPSA) is 40.1 Å². The molecule has 0 aromatic carbocycles. The Morgan fingerprint density at radius 2 is 1.42 bits per heavy atom. The van der Waals surface area contributed by atoms with Crippen molar-refractivity contribution < 1.29 is 14.4 Å². The van der Waals surface area contributed by atoms with Gasteiger partial charge >= 0.3 is 0 Å². The lowest BCUT2D eigenvalue weighted by molar-refractivity contribution is -0.849. The first-order chi connectivity index (χ1) is 5.13. The van der Waals surface area contributed by atoms with E-state index in [1.165, 1.54) is 13.8 Å². The lowest BCUT2D eigenvalue weighted by atomic mass is 10.4. The number of ketones is 1. The zero-order valence-corrected chi connectivity index (χ0v) is 8.84. The molecule has 0 aliphatic rings. The highest BCUT2D eigenvalue weighted by Gasteiger charge is 1.88. The Morgan fingerprint density at radius 3 is 1.42 bits per heavy atom. The maximum atomic E-state index is 9.98. The van der Waals surface area contributed by atoms with E-state index < -0.39 is 0 Å². The van der Waals surface area contributed by atoms with Crippen LogP contribution in [0.1, 0.15) is 13.8 Å². The van der Waals surface area contributed by atoms with Crippen LogP contribution in [0, 0.1) is 0 Å². The average Bonchev–Trinajstić information content (AvgIpc) is 1.52. The molecule has 0 saturated heterocycles. The molecule has 0 saturated carbocycles. The van der Waals surface area contributed by atoms with Gasteiger partial charge in [-0.15, -0.1) is 5.76 Å². The molecule has 0 rings (SSSR count). The molecule has 0 aliphatic heterocycles. The third-order valence-corrected chi connectivity index (χ3v) is 0.407. The van der Waals surface area contributed by atoms with Gasteiger partial charge in [0.2, 0.25) is 0 Å². The Hall–Kier alpha value is -0.830. The summed E-state index contributed by atoms with van der Waals surface area (Å²) in [7, 11) is 8.50. The lowest BCUT2D eigenvalue weighted by Gasteiger charge is -2.14. The van der Waals surface area contributed by atoms with Crippen molar-refractivity contribution in [2.24, 2.45) is 0 Å². The van der Waals surface area contributed by atoms with E-state index in [0.717, 1.165) is 10.6 Å². The zero-order chi connectivity index (χ0) is 10.4. The van der Waals surface area contributed by atoms with Gasteiger partial charge in [-0.1, -0.05) is 6.92 Å². The van der Waals surface area contributed by atoms with Crippen molar-refractivity contribution >= 4 is 5.78 Å². The Bertz CT molecular complexity index is 156. The molecule has 3 heteroatoms. The standard InChI is InChI=1S/C5H8O2.C4H12N/c1-4(6)3-5(2)7;1-5(2,3)4/h3,6H,1-2H3;1-4H3/q;+1/p-1/b4-3-;. The van der Waals surface area contributed by atoms with Crippen LogP contribution >= 0.6 is 0 Å². The Balaban J connectivity index is 0. The molecule has 0 fully saturated rings. The van der Waals surface area contributed by atoms with Gasteiger partial charge in [0.15, 0.2) is 5.78 Å². The van der Waals surface area contributed by atoms with Crippen molar-refractivity contribution in [1.29, 1.82) is 0 Å². The molecule has 0 unspecified atom stereocenters. The predicted molar refractivity (Wildman–Crippen MR) is 48.4 cm³/mol. The smallest absolute Gasteiger partial charge is 0.151 e. The van der Waals surface area contributed by atoms with Gasteiger partial charge in [-0.3, -0.25) is 4.79 Å². The molecule has 0 atom stereocenters. The second kappa shape index (κ2) is 5.77. The number of quaternary nitrogens is 1. The molecule has 0 N–H and O–H groups in total. The van der Waals surface area contributed by atoms with Crippen molar-refractivity contribution in [1.82, 2.24) is 0 Å². The van der Waals surface area contributed by atoms with E-state index in [1.54, 1.807) is 0 Å². The van der Waals surface area contributed by atoms with Crippen LogP contribution in [0.5, 0.6) is 0 Å². The summed E-state index contributed by atoms with van der Waals surface area (Å²) < 4.78 is 1.00. The van der Waals surface area contributed by atoms with Crippen LogP contribution in [0.3, 0.4) is 0 Å². The highest BCUT2D eigenvalue weighted by molar-refractivity contribution is 5.87. The largest absolute Gasteiger partial charge is 0.876 e. The van der Waals surface area contributed by atoms with Crippen LogP contribution in [0.15, 0.2) is 11.8 Å². The SMILES string of the molecule is CC(=O)/C=C(/C)[O-].C[N+](C)(C)C. The first-order valence-electron chi connectivity index (χ1n) is 3.77. The van der Waals surface area contributed by atoms with Gasteiger partial charge in [-0.2, -0.15) is 0 Å². The molecule has 12 heavy (non-hydrogen) atoms. The predicted octanol–water partition coefficient (Wildman–Crippen LogP) is 0.162. The van der Waals surface area contributed by atoms with E-state index in [1.807, 2.05) is 0 Å². The molecule has 0 radical (unpaired) electrons. The quantitative estimate of drug-likeness (QED) is 0.322. The van der Waals surface area contributed by atoms with Gasteiger partial charge < -0.3 is 9.59 Å². The molecule has 0 aromatic heterocycles. The van der Waals surface area contributed by atoms with Crippen molar-refractivity contribution in [2.75, 3.05) is 28.2 Å². The average molecular weight is 173 g/mol. The molecular weight excluding hydrogens is 154 g/mol. The molecule has 0 aromatic rings. The summed E-state index contributed by atoms with van der Waals surface area (Å²) >= 11 is 0. The van der Waals surface area contributed by atoms with Gasteiger partial charge in [0, 0.05) is 0 Å². The Morgan fingerprint density at radius 1 is 1.17 bits per heavy atom. The van der Waals surface area contributed by atoms with Gasteiger partial charge in [0.25, 0.3) is 0 Å². The summed E-state index contributed by atoms with van der Waals surface area (Å²) in [5.41, 5.74) is 0. The van der Waals surface area contributed by atoms with E-state index >= 15 is 0 Å². The van der Waals surface area contributed by atoms with Gasteiger partial charge in [-0.05, 0) is 13.0 Å². The first kappa shape index (κ1) is 13.7.